The van der Waals surface area contributed by atoms with Gasteiger partial charge in [0.1, 0.15) is 12.1 Å². The maximum Gasteiger partial charge on any atom is 0.258 e. The number of likely N-dealkylation sites (tertiary alicyclic amines) is 1. The van der Waals surface area contributed by atoms with Crippen LogP contribution in [0.3, 0.4) is 0 Å². The molecular formula is C27H43N5O5. The maximum atomic E-state index is 13.6. The lowest BCUT2D eigenvalue weighted by Gasteiger charge is -2.32. The normalized spacial score (nSPS) is 16.5. The molecule has 10 nitrogen and oxygen atoms in total. The molecule has 2 rings (SSSR count). The molecule has 1 fully saturated rings. The van der Waals surface area contributed by atoms with Crippen molar-refractivity contribution in [3.63, 3.8) is 0 Å². The van der Waals surface area contributed by atoms with Crippen molar-refractivity contribution in [1.82, 2.24) is 25.4 Å². The summed E-state index contributed by atoms with van der Waals surface area (Å²) in [5, 5.41) is 5.66. The Morgan fingerprint density at radius 3 is 2.46 bits per heavy atom. The van der Waals surface area contributed by atoms with Crippen LogP contribution in [0.4, 0.5) is 0 Å². The fourth-order valence-corrected chi connectivity index (χ4v) is 4.19. The summed E-state index contributed by atoms with van der Waals surface area (Å²) < 4.78 is 5.61. The predicted octanol–water partition coefficient (Wildman–Crippen LogP) is 2.38. The van der Waals surface area contributed by atoms with Crippen molar-refractivity contribution >= 4 is 23.6 Å². The van der Waals surface area contributed by atoms with Crippen molar-refractivity contribution in [3.05, 3.63) is 24.0 Å². The fraction of sp³-hybridized carbons (Fsp3) is 0.667. The van der Waals surface area contributed by atoms with Crippen LogP contribution < -0.4 is 15.4 Å². The first-order valence-electron chi connectivity index (χ1n) is 13.0. The Labute approximate surface area is 220 Å². The van der Waals surface area contributed by atoms with E-state index in [0.29, 0.717) is 19.4 Å². The van der Waals surface area contributed by atoms with Crippen LogP contribution in [0.5, 0.6) is 5.75 Å². The van der Waals surface area contributed by atoms with Crippen LogP contribution >= 0.6 is 0 Å². The van der Waals surface area contributed by atoms with E-state index in [4.69, 9.17) is 4.74 Å². The predicted molar refractivity (Wildman–Crippen MR) is 141 cm³/mol. The number of nitrogens with zero attached hydrogens (tertiary/aromatic N) is 3. The number of hydrogen-bond acceptors (Lipinski definition) is 6. The smallest absolute Gasteiger partial charge is 0.258 e. The zero-order chi connectivity index (χ0) is 27.9. The van der Waals surface area contributed by atoms with Gasteiger partial charge in [0.15, 0.2) is 12.4 Å². The van der Waals surface area contributed by atoms with Crippen molar-refractivity contribution in [2.75, 3.05) is 20.2 Å². The van der Waals surface area contributed by atoms with Crippen LogP contribution in [0.25, 0.3) is 0 Å². The second-order valence-corrected chi connectivity index (χ2v) is 11.3. The molecule has 37 heavy (non-hydrogen) atoms. The molecule has 0 aliphatic carbocycles. The number of ether oxygens (including phenoxy) is 1. The Kier molecular flexibility index (Phi) is 10.5. The summed E-state index contributed by atoms with van der Waals surface area (Å²) in [6.07, 6.45) is 4.57. The maximum absolute atomic E-state index is 13.6. The average Bonchev–Trinajstić information content (AvgIpc) is 3.29. The standard InChI is InChI=1S/C27H43N5O5/c1-17(2)14-20(25(35)32-13-9-10-21(32)26(36)31(8)18(3)4)29-24(34)19-11-12-28-15-22(19)37-16-23(33)30-27(5,6)7/h11-12,15,17-18,20-21H,9-10,13-14,16H2,1-8H3,(H,29,34)(H,30,33)/t20-,21-/m1/s1. The number of hydrogen-bond donors (Lipinski definition) is 2. The summed E-state index contributed by atoms with van der Waals surface area (Å²) in [5.41, 5.74) is -0.243. The highest BCUT2D eigenvalue weighted by Gasteiger charge is 2.39. The van der Waals surface area contributed by atoms with E-state index in [-0.39, 0.29) is 47.6 Å². The molecule has 2 N–H and O–H groups in total. The third-order valence-electron chi connectivity index (χ3n) is 6.16. The molecule has 0 saturated carbocycles. The van der Waals surface area contributed by atoms with E-state index < -0.39 is 23.5 Å². The number of likely N-dealkylation sites (N-methyl/N-ethyl adjacent to an activating group) is 1. The van der Waals surface area contributed by atoms with E-state index >= 15 is 0 Å². The molecule has 1 aliphatic heterocycles. The number of aromatic nitrogens is 1. The minimum atomic E-state index is -0.810. The van der Waals surface area contributed by atoms with Gasteiger partial charge in [-0.15, -0.1) is 0 Å². The van der Waals surface area contributed by atoms with Crippen LogP contribution in [-0.2, 0) is 14.4 Å². The molecule has 0 aromatic carbocycles. The Morgan fingerprint density at radius 1 is 1.19 bits per heavy atom. The molecule has 206 valence electrons. The number of carbonyl (C=O) groups excluding carboxylic acids is 4. The minimum Gasteiger partial charge on any atom is -0.481 e. The van der Waals surface area contributed by atoms with Crippen molar-refractivity contribution in [2.45, 2.75) is 91.4 Å². The summed E-state index contributed by atoms with van der Waals surface area (Å²) in [6, 6.07) is 0.165. The van der Waals surface area contributed by atoms with E-state index in [9.17, 15) is 19.2 Å². The van der Waals surface area contributed by atoms with E-state index in [1.807, 2.05) is 48.5 Å². The topological polar surface area (TPSA) is 121 Å². The van der Waals surface area contributed by atoms with Gasteiger partial charge in [0, 0.05) is 31.4 Å². The van der Waals surface area contributed by atoms with E-state index in [2.05, 4.69) is 15.6 Å². The third kappa shape index (κ3) is 8.72. The lowest BCUT2D eigenvalue weighted by atomic mass is 10.0. The molecule has 2 heterocycles. The summed E-state index contributed by atoms with van der Waals surface area (Å²) in [7, 11) is 1.74. The quantitative estimate of drug-likeness (QED) is 0.492. The molecular weight excluding hydrogens is 474 g/mol. The van der Waals surface area contributed by atoms with Crippen LogP contribution in [0.2, 0.25) is 0 Å². The molecule has 1 aliphatic rings. The highest BCUT2D eigenvalue weighted by atomic mass is 16.5. The van der Waals surface area contributed by atoms with Gasteiger partial charge in [0.05, 0.1) is 11.8 Å². The summed E-state index contributed by atoms with van der Waals surface area (Å²) in [4.78, 5) is 59.4. The molecule has 1 saturated heterocycles. The molecule has 2 atom stereocenters. The minimum absolute atomic E-state index is 0.0202. The molecule has 4 amide bonds. The Bertz CT molecular complexity index is 972. The Hall–Kier alpha value is -3.17. The summed E-state index contributed by atoms with van der Waals surface area (Å²) in [6.45, 7) is 13.6. The van der Waals surface area contributed by atoms with Crippen LogP contribution in [0.15, 0.2) is 18.5 Å². The van der Waals surface area contributed by atoms with Gasteiger partial charge in [-0.3, -0.25) is 24.2 Å². The lowest BCUT2D eigenvalue weighted by Crippen LogP contribution is -2.54. The third-order valence-corrected chi connectivity index (χ3v) is 6.16. The average molecular weight is 518 g/mol. The first-order valence-corrected chi connectivity index (χ1v) is 13.0. The second kappa shape index (κ2) is 12.9. The monoisotopic (exact) mass is 517 g/mol. The van der Waals surface area contributed by atoms with Crippen molar-refractivity contribution in [3.8, 4) is 5.75 Å². The van der Waals surface area contributed by atoms with Gasteiger partial charge in [-0.1, -0.05) is 13.8 Å². The summed E-state index contributed by atoms with van der Waals surface area (Å²) >= 11 is 0. The second-order valence-electron chi connectivity index (χ2n) is 11.3. The zero-order valence-corrected chi connectivity index (χ0v) is 23.5. The SMILES string of the molecule is CC(C)C[C@@H](NC(=O)c1ccncc1OCC(=O)NC(C)(C)C)C(=O)N1CCC[C@@H]1C(=O)N(C)C(C)C. The number of carbonyl (C=O) groups is 4. The first kappa shape index (κ1) is 30.1. The van der Waals surface area contributed by atoms with Gasteiger partial charge in [0.2, 0.25) is 11.8 Å². The molecule has 0 bridgehead atoms. The lowest BCUT2D eigenvalue weighted by molar-refractivity contribution is -0.145. The number of pyridine rings is 1. The van der Waals surface area contributed by atoms with Gasteiger partial charge in [-0.05, 0) is 65.9 Å². The van der Waals surface area contributed by atoms with Crippen molar-refractivity contribution < 1.29 is 23.9 Å². The van der Waals surface area contributed by atoms with Gasteiger partial charge < -0.3 is 25.2 Å². The van der Waals surface area contributed by atoms with Crippen LogP contribution in [0.1, 0.15) is 78.1 Å². The highest BCUT2D eigenvalue weighted by Crippen LogP contribution is 2.23. The Morgan fingerprint density at radius 2 is 1.86 bits per heavy atom. The fourth-order valence-electron chi connectivity index (χ4n) is 4.19. The number of amides is 4. The van der Waals surface area contributed by atoms with E-state index in [1.165, 1.54) is 18.5 Å². The first-order chi connectivity index (χ1) is 17.2. The molecule has 0 unspecified atom stereocenters. The molecule has 10 heteroatoms. The van der Waals surface area contributed by atoms with Gasteiger partial charge in [-0.25, -0.2) is 0 Å². The van der Waals surface area contributed by atoms with Crippen molar-refractivity contribution in [2.24, 2.45) is 5.92 Å². The van der Waals surface area contributed by atoms with Crippen LogP contribution in [0, 0.1) is 5.92 Å². The largest absolute Gasteiger partial charge is 0.481 e. The molecule has 1 aromatic rings. The molecule has 1 aromatic heterocycles. The molecule has 0 radical (unpaired) electrons. The zero-order valence-electron chi connectivity index (χ0n) is 23.5. The molecule has 0 spiro atoms. The number of nitrogens with one attached hydrogen (secondary N) is 2. The highest BCUT2D eigenvalue weighted by molar-refractivity contribution is 6.00. The van der Waals surface area contributed by atoms with E-state index in [1.54, 1.807) is 16.8 Å². The van der Waals surface area contributed by atoms with E-state index in [0.717, 1.165) is 6.42 Å². The van der Waals surface area contributed by atoms with Crippen LogP contribution in [-0.4, -0.2) is 82.3 Å². The Balaban J connectivity index is 2.19. The van der Waals surface area contributed by atoms with Gasteiger partial charge >= 0.3 is 0 Å². The van der Waals surface area contributed by atoms with Crippen molar-refractivity contribution in [1.29, 1.82) is 0 Å². The van der Waals surface area contributed by atoms with Gasteiger partial charge in [-0.2, -0.15) is 0 Å². The number of rotatable bonds is 10. The van der Waals surface area contributed by atoms with Gasteiger partial charge in [0.25, 0.3) is 11.8 Å². The summed E-state index contributed by atoms with van der Waals surface area (Å²) in [5.74, 6) is -0.920.